The maximum atomic E-state index is 13.0. The molecule has 13 heteroatoms. The number of pyridine rings is 1. The van der Waals surface area contributed by atoms with Gasteiger partial charge in [-0.25, -0.2) is 4.98 Å². The van der Waals surface area contributed by atoms with Crippen LogP contribution in [0.15, 0.2) is 59.6 Å². The molecule has 1 aliphatic heterocycles. The molecule has 1 N–H and O–H groups in total. The van der Waals surface area contributed by atoms with Crippen LogP contribution in [0.1, 0.15) is 21.5 Å². The number of nitrogens with one attached hydrogen (secondary N) is 1. The number of carbonyl (C=O) groups excluding carboxylic acids is 2. The fraction of sp³-hybridized carbons (Fsp3) is 0.0833. The highest BCUT2D eigenvalue weighted by molar-refractivity contribution is 8.26. The van der Waals surface area contributed by atoms with E-state index >= 15 is 0 Å². The molecule has 37 heavy (non-hydrogen) atoms. The second kappa shape index (κ2) is 10.9. The van der Waals surface area contributed by atoms with Gasteiger partial charge >= 0.3 is 0 Å². The summed E-state index contributed by atoms with van der Waals surface area (Å²) in [4.78, 5) is 40.1. The second-order valence-corrected chi connectivity index (χ2v) is 9.65. The van der Waals surface area contributed by atoms with E-state index in [-0.39, 0.29) is 31.4 Å². The Morgan fingerprint density at radius 1 is 1.22 bits per heavy atom. The summed E-state index contributed by atoms with van der Waals surface area (Å²) in [6, 6.07) is 12.5. The molecule has 2 heterocycles. The average molecular weight is 557 g/mol. The quantitative estimate of drug-likeness (QED) is 0.179. The number of ether oxygens (including phenoxy) is 2. The molecule has 1 aromatic heterocycles. The summed E-state index contributed by atoms with van der Waals surface area (Å²) in [6.45, 7) is 1.85. The van der Waals surface area contributed by atoms with Gasteiger partial charge < -0.3 is 9.47 Å². The predicted molar refractivity (Wildman–Crippen MR) is 143 cm³/mol. The van der Waals surface area contributed by atoms with E-state index < -0.39 is 16.7 Å². The van der Waals surface area contributed by atoms with Crippen molar-refractivity contribution in [3.05, 3.63) is 91.5 Å². The number of carbonyl (C=O) groups is 2. The fourth-order valence-corrected chi connectivity index (χ4v) is 4.69. The molecule has 0 radical (unpaired) electrons. The zero-order valence-electron chi connectivity index (χ0n) is 19.3. The molecule has 0 spiro atoms. The van der Waals surface area contributed by atoms with E-state index in [1.165, 1.54) is 19.2 Å². The molecule has 1 fully saturated rings. The van der Waals surface area contributed by atoms with E-state index in [0.29, 0.717) is 17.1 Å². The number of methoxy groups -OCH3 is 1. The monoisotopic (exact) mass is 556 g/mol. The van der Waals surface area contributed by atoms with Crippen LogP contribution < -0.4 is 14.9 Å². The minimum absolute atomic E-state index is 0.141. The lowest BCUT2D eigenvalue weighted by molar-refractivity contribution is -0.385. The Balaban J connectivity index is 1.50. The number of nitrogens with zero attached hydrogens (tertiary/aromatic N) is 3. The summed E-state index contributed by atoms with van der Waals surface area (Å²) in [7, 11) is 1.44. The van der Waals surface area contributed by atoms with Gasteiger partial charge in [0.2, 0.25) is 5.88 Å². The second-order valence-electron chi connectivity index (χ2n) is 7.57. The van der Waals surface area contributed by atoms with Crippen LogP contribution in [0.4, 0.5) is 5.69 Å². The Morgan fingerprint density at radius 2 is 2.00 bits per heavy atom. The van der Waals surface area contributed by atoms with Gasteiger partial charge in [-0.1, -0.05) is 35.5 Å². The van der Waals surface area contributed by atoms with Crippen LogP contribution in [0.2, 0.25) is 5.02 Å². The number of amides is 2. The molecule has 10 nitrogen and oxygen atoms in total. The van der Waals surface area contributed by atoms with Gasteiger partial charge in [0, 0.05) is 12.1 Å². The molecule has 0 atom stereocenters. The van der Waals surface area contributed by atoms with E-state index in [9.17, 15) is 19.7 Å². The number of benzene rings is 2. The Bertz CT molecular complexity index is 1460. The number of nitro groups is 1. The summed E-state index contributed by atoms with van der Waals surface area (Å²) in [5, 5.41) is 12.1. The highest BCUT2D eigenvalue weighted by Crippen LogP contribution is 2.35. The molecule has 0 aliphatic carbocycles. The van der Waals surface area contributed by atoms with Gasteiger partial charge in [-0.15, -0.1) is 0 Å². The number of hydrazine groups is 1. The van der Waals surface area contributed by atoms with Gasteiger partial charge in [0.1, 0.15) is 6.20 Å². The van der Waals surface area contributed by atoms with Crippen LogP contribution in [0.3, 0.4) is 0 Å². The number of rotatable bonds is 7. The summed E-state index contributed by atoms with van der Waals surface area (Å²) in [5.74, 6) is -0.268. The lowest BCUT2D eigenvalue weighted by Gasteiger charge is -2.16. The SMILES string of the molecule is COc1cc(/C=C2/SC(=S)N(NC(=O)c3ccc(C)cc3Cl)C2=O)ccc1Oc1ccc([N+](=O)[O-])cn1. The van der Waals surface area contributed by atoms with Gasteiger partial charge in [-0.2, -0.15) is 5.01 Å². The highest BCUT2D eigenvalue weighted by atomic mass is 35.5. The summed E-state index contributed by atoms with van der Waals surface area (Å²) in [5.41, 5.74) is 4.06. The maximum absolute atomic E-state index is 13.0. The minimum Gasteiger partial charge on any atom is -0.493 e. The predicted octanol–water partition coefficient (Wildman–Crippen LogP) is 5.30. The van der Waals surface area contributed by atoms with Gasteiger partial charge in [-0.3, -0.25) is 25.1 Å². The molecule has 1 saturated heterocycles. The lowest BCUT2D eigenvalue weighted by atomic mass is 10.1. The molecule has 1 aliphatic rings. The van der Waals surface area contributed by atoms with Crippen LogP contribution in [0.25, 0.3) is 6.08 Å². The van der Waals surface area contributed by atoms with Gasteiger partial charge in [0.05, 0.1) is 27.5 Å². The first-order valence-corrected chi connectivity index (χ1v) is 12.1. The molecule has 2 aromatic carbocycles. The van der Waals surface area contributed by atoms with Crippen molar-refractivity contribution < 1.29 is 24.0 Å². The summed E-state index contributed by atoms with van der Waals surface area (Å²) < 4.78 is 11.2. The average Bonchev–Trinajstić information content (AvgIpc) is 3.12. The van der Waals surface area contributed by atoms with Gasteiger partial charge in [0.15, 0.2) is 15.8 Å². The maximum Gasteiger partial charge on any atom is 0.287 e. The molecule has 3 aromatic rings. The number of aromatic nitrogens is 1. The molecular formula is C24H17ClN4O6S2. The summed E-state index contributed by atoms with van der Waals surface area (Å²) >= 11 is 12.5. The third kappa shape index (κ3) is 5.88. The molecule has 0 saturated carbocycles. The van der Waals surface area contributed by atoms with Crippen LogP contribution in [-0.2, 0) is 4.79 Å². The standard InChI is InChI=1S/C24H17ClN4O6S2/c1-13-3-6-16(17(25)9-13)22(30)27-28-23(31)20(37-24(28)36)11-14-4-7-18(19(10-14)34-2)35-21-8-5-15(12-26-21)29(32)33/h3-12H,1-2H3,(H,27,30)/b20-11+. The Morgan fingerprint density at radius 3 is 2.65 bits per heavy atom. The molecule has 4 rings (SSSR count). The first-order valence-electron chi connectivity index (χ1n) is 10.5. The van der Waals surface area contributed by atoms with Gasteiger partial charge in [-0.05, 0) is 60.6 Å². The van der Waals surface area contributed by atoms with E-state index in [1.807, 2.05) is 6.92 Å². The van der Waals surface area contributed by atoms with E-state index in [2.05, 4.69) is 10.4 Å². The number of aryl methyl sites for hydroxylation is 1. The Kier molecular flexibility index (Phi) is 7.71. The first-order chi connectivity index (χ1) is 17.7. The van der Waals surface area contributed by atoms with Crippen molar-refractivity contribution in [1.29, 1.82) is 0 Å². The van der Waals surface area contributed by atoms with Gasteiger partial charge in [0.25, 0.3) is 17.5 Å². The third-order valence-electron chi connectivity index (χ3n) is 5.01. The van der Waals surface area contributed by atoms with Crippen molar-refractivity contribution >= 4 is 63.5 Å². The zero-order chi connectivity index (χ0) is 26.7. The number of thiocarbonyl (C=S) groups is 1. The van der Waals surface area contributed by atoms with Crippen LogP contribution in [-0.4, -0.2) is 38.2 Å². The fourth-order valence-electron chi connectivity index (χ4n) is 3.19. The number of halogens is 1. The summed E-state index contributed by atoms with van der Waals surface area (Å²) in [6.07, 6.45) is 2.68. The normalized spacial score (nSPS) is 14.1. The van der Waals surface area contributed by atoms with Crippen molar-refractivity contribution in [2.45, 2.75) is 6.92 Å². The third-order valence-corrected chi connectivity index (χ3v) is 6.62. The molecular weight excluding hydrogens is 540 g/mol. The number of hydrogen-bond acceptors (Lipinski definition) is 9. The Labute approximate surface area is 225 Å². The van der Waals surface area contributed by atoms with E-state index in [0.717, 1.165) is 28.5 Å². The lowest BCUT2D eigenvalue weighted by Crippen LogP contribution is -2.44. The molecule has 188 valence electrons. The smallest absolute Gasteiger partial charge is 0.287 e. The Hall–Kier alpha value is -4.00. The van der Waals surface area contributed by atoms with Crippen molar-refractivity contribution in [2.24, 2.45) is 0 Å². The van der Waals surface area contributed by atoms with Crippen molar-refractivity contribution in [3.63, 3.8) is 0 Å². The van der Waals surface area contributed by atoms with Crippen LogP contribution in [0, 0.1) is 17.0 Å². The molecule has 2 amide bonds. The number of thioether (sulfide) groups is 1. The number of hydrogen-bond donors (Lipinski definition) is 1. The molecule has 0 bridgehead atoms. The highest BCUT2D eigenvalue weighted by Gasteiger charge is 2.34. The van der Waals surface area contributed by atoms with Crippen molar-refractivity contribution in [3.8, 4) is 17.4 Å². The van der Waals surface area contributed by atoms with E-state index in [4.69, 9.17) is 33.3 Å². The molecule has 0 unspecified atom stereocenters. The first kappa shape index (κ1) is 26.1. The minimum atomic E-state index is -0.564. The van der Waals surface area contributed by atoms with Crippen molar-refractivity contribution in [1.82, 2.24) is 15.4 Å². The zero-order valence-corrected chi connectivity index (χ0v) is 21.6. The van der Waals surface area contributed by atoms with E-state index in [1.54, 1.807) is 42.5 Å². The largest absolute Gasteiger partial charge is 0.493 e. The van der Waals surface area contributed by atoms with Crippen LogP contribution in [0.5, 0.6) is 17.4 Å². The topological polar surface area (TPSA) is 124 Å². The van der Waals surface area contributed by atoms with Crippen LogP contribution >= 0.6 is 35.6 Å². The van der Waals surface area contributed by atoms with Crippen molar-refractivity contribution in [2.75, 3.05) is 7.11 Å².